The fourth-order valence-corrected chi connectivity index (χ4v) is 3.96. The molecule has 84 valence electrons. The van der Waals surface area contributed by atoms with Crippen molar-refractivity contribution in [3.63, 3.8) is 0 Å². The van der Waals surface area contributed by atoms with Gasteiger partial charge in [0.25, 0.3) is 0 Å². The molecule has 0 amide bonds. The average molecular weight is 244 g/mol. The molecule has 1 aromatic rings. The monoisotopic (exact) mass is 243 g/mol. The van der Waals surface area contributed by atoms with Crippen molar-refractivity contribution in [2.24, 2.45) is 5.92 Å². The van der Waals surface area contributed by atoms with Crippen LogP contribution < -0.4 is 5.32 Å². The Hall–Kier alpha value is -0.0500. The maximum Gasteiger partial charge on any atom is 0.0960 e. The Kier molecular flexibility index (Phi) is 3.70. The van der Waals surface area contributed by atoms with Crippen LogP contribution in [0.3, 0.4) is 0 Å². The van der Waals surface area contributed by atoms with Crippen molar-refractivity contribution < 1.29 is 0 Å². The van der Waals surface area contributed by atoms with E-state index in [2.05, 4.69) is 25.4 Å². The molecule has 2 rings (SSSR count). The zero-order chi connectivity index (χ0) is 10.8. The number of aryl methyl sites for hydroxylation is 1. The molecule has 1 fully saturated rings. The van der Waals surface area contributed by atoms with Gasteiger partial charge < -0.3 is 5.32 Å². The smallest absolute Gasteiger partial charge is 0.0960 e. The quantitative estimate of drug-likeness (QED) is 0.841. The van der Waals surface area contributed by atoms with Crippen LogP contribution in [0.1, 0.15) is 42.2 Å². The van der Waals surface area contributed by atoms with E-state index in [-0.39, 0.29) is 0 Å². The Balaban J connectivity index is 2.18. The van der Waals surface area contributed by atoms with Gasteiger partial charge >= 0.3 is 0 Å². The predicted molar refractivity (Wildman–Crippen MR) is 67.8 cm³/mol. The molecule has 0 radical (unpaired) electrons. The van der Waals surface area contributed by atoms with Gasteiger partial charge in [-0.3, -0.25) is 0 Å². The van der Waals surface area contributed by atoms with Gasteiger partial charge in [-0.1, -0.05) is 24.4 Å². The van der Waals surface area contributed by atoms with Crippen molar-refractivity contribution in [2.45, 2.75) is 38.6 Å². The lowest BCUT2D eigenvalue weighted by atomic mass is 9.97. The van der Waals surface area contributed by atoms with E-state index in [1.807, 2.05) is 0 Å². The Labute approximate surface area is 101 Å². The molecule has 3 heteroatoms. The van der Waals surface area contributed by atoms with Crippen molar-refractivity contribution in [1.82, 2.24) is 5.32 Å². The summed E-state index contributed by atoms with van der Waals surface area (Å²) in [5.41, 5.74) is 1.22. The molecule has 0 aliphatic heterocycles. The lowest BCUT2D eigenvalue weighted by Crippen LogP contribution is -2.22. The third kappa shape index (κ3) is 2.38. The molecule has 1 saturated carbocycles. The van der Waals surface area contributed by atoms with Gasteiger partial charge in [0.1, 0.15) is 0 Å². The van der Waals surface area contributed by atoms with Crippen LogP contribution in [-0.2, 0) is 0 Å². The molecule has 0 bridgehead atoms. The fraction of sp³-hybridized carbons (Fsp3) is 0.667. The zero-order valence-corrected chi connectivity index (χ0v) is 10.9. The first-order valence-electron chi connectivity index (χ1n) is 5.65. The summed E-state index contributed by atoms with van der Waals surface area (Å²) in [5, 5.41) is 3.45. The van der Waals surface area contributed by atoms with Gasteiger partial charge in [0, 0.05) is 10.9 Å². The Morgan fingerprint density at radius 2 is 2.13 bits per heavy atom. The number of halogens is 1. The van der Waals surface area contributed by atoms with Crippen LogP contribution in [0.4, 0.5) is 0 Å². The molecule has 0 saturated heterocycles. The van der Waals surface area contributed by atoms with Crippen LogP contribution in [0.5, 0.6) is 0 Å². The molecule has 1 unspecified atom stereocenters. The van der Waals surface area contributed by atoms with Crippen LogP contribution in [-0.4, -0.2) is 7.05 Å². The zero-order valence-electron chi connectivity index (χ0n) is 9.35. The highest BCUT2D eigenvalue weighted by Gasteiger charge is 2.26. The summed E-state index contributed by atoms with van der Waals surface area (Å²) in [6.07, 6.45) is 5.50. The molecular weight excluding hydrogens is 226 g/mol. The number of nitrogens with one attached hydrogen (secondary N) is 1. The van der Waals surface area contributed by atoms with Gasteiger partial charge in [-0.2, -0.15) is 0 Å². The van der Waals surface area contributed by atoms with Crippen molar-refractivity contribution in [3.8, 4) is 0 Å². The summed E-state index contributed by atoms with van der Waals surface area (Å²) >= 11 is 7.86. The van der Waals surface area contributed by atoms with E-state index in [0.29, 0.717) is 6.04 Å². The van der Waals surface area contributed by atoms with Crippen LogP contribution in [0.15, 0.2) is 6.07 Å². The standard InChI is InChI=1S/C12H18ClNS/c1-8-7-10(15-12(8)13)11(14-2)9-5-3-4-6-9/h7,9,11,14H,3-6H2,1-2H3. The number of rotatable bonds is 3. The van der Waals surface area contributed by atoms with E-state index in [1.165, 1.54) is 36.1 Å². The third-order valence-corrected chi connectivity index (χ3v) is 5.00. The molecule has 1 aliphatic rings. The first kappa shape index (κ1) is 11.4. The van der Waals surface area contributed by atoms with Gasteiger partial charge in [-0.25, -0.2) is 0 Å². The Bertz CT molecular complexity index is 309. The maximum absolute atomic E-state index is 6.13. The van der Waals surface area contributed by atoms with Crippen molar-refractivity contribution in [1.29, 1.82) is 0 Å². The minimum Gasteiger partial charge on any atom is -0.312 e. The van der Waals surface area contributed by atoms with Crippen molar-refractivity contribution in [3.05, 3.63) is 20.8 Å². The molecular formula is C12H18ClNS. The van der Waals surface area contributed by atoms with Crippen molar-refractivity contribution >= 4 is 22.9 Å². The van der Waals surface area contributed by atoms with E-state index in [9.17, 15) is 0 Å². The Morgan fingerprint density at radius 1 is 1.47 bits per heavy atom. The summed E-state index contributed by atoms with van der Waals surface area (Å²) in [6.45, 7) is 2.09. The summed E-state index contributed by atoms with van der Waals surface area (Å²) in [6, 6.07) is 2.76. The first-order valence-corrected chi connectivity index (χ1v) is 6.85. The first-order chi connectivity index (χ1) is 7.22. The van der Waals surface area contributed by atoms with Crippen LogP contribution >= 0.6 is 22.9 Å². The second kappa shape index (κ2) is 4.86. The summed E-state index contributed by atoms with van der Waals surface area (Å²) in [7, 11) is 2.06. The highest BCUT2D eigenvalue weighted by Crippen LogP contribution is 2.40. The van der Waals surface area contributed by atoms with Gasteiger partial charge in [-0.15, -0.1) is 11.3 Å². The van der Waals surface area contributed by atoms with Gasteiger partial charge in [-0.05, 0) is 44.4 Å². The molecule has 1 atom stereocenters. The average Bonchev–Trinajstić information content (AvgIpc) is 2.80. The van der Waals surface area contributed by atoms with Gasteiger partial charge in [0.05, 0.1) is 4.34 Å². The number of thiophene rings is 1. The number of hydrogen-bond acceptors (Lipinski definition) is 2. The summed E-state index contributed by atoms with van der Waals surface area (Å²) in [5.74, 6) is 0.809. The van der Waals surface area contributed by atoms with Crippen molar-refractivity contribution in [2.75, 3.05) is 7.05 Å². The van der Waals surface area contributed by atoms with E-state index in [0.717, 1.165) is 10.3 Å². The SMILES string of the molecule is CNC(c1cc(C)c(Cl)s1)C1CCCC1. The molecule has 1 heterocycles. The Morgan fingerprint density at radius 3 is 2.60 bits per heavy atom. The van der Waals surface area contributed by atoms with E-state index in [1.54, 1.807) is 11.3 Å². The molecule has 1 N–H and O–H groups in total. The lowest BCUT2D eigenvalue weighted by Gasteiger charge is -2.21. The molecule has 0 aromatic carbocycles. The number of hydrogen-bond donors (Lipinski definition) is 1. The minimum absolute atomic E-state index is 0.517. The van der Waals surface area contributed by atoms with E-state index < -0.39 is 0 Å². The highest BCUT2D eigenvalue weighted by molar-refractivity contribution is 7.16. The third-order valence-electron chi connectivity index (χ3n) is 3.37. The van der Waals surface area contributed by atoms with Gasteiger partial charge in [0.2, 0.25) is 0 Å². The lowest BCUT2D eigenvalue weighted by molar-refractivity contribution is 0.395. The van der Waals surface area contributed by atoms with Crippen LogP contribution in [0.25, 0.3) is 0 Å². The fourth-order valence-electron chi connectivity index (χ4n) is 2.54. The summed E-state index contributed by atoms with van der Waals surface area (Å²) in [4.78, 5) is 1.41. The second-order valence-electron chi connectivity index (χ2n) is 4.42. The predicted octanol–water partition coefficient (Wildman–Crippen LogP) is 4.16. The minimum atomic E-state index is 0.517. The molecule has 15 heavy (non-hydrogen) atoms. The molecule has 1 aromatic heterocycles. The second-order valence-corrected chi connectivity index (χ2v) is 6.10. The van der Waals surface area contributed by atoms with Crippen LogP contribution in [0.2, 0.25) is 4.34 Å². The van der Waals surface area contributed by atoms with Crippen LogP contribution in [0, 0.1) is 12.8 Å². The van der Waals surface area contributed by atoms with E-state index in [4.69, 9.17) is 11.6 Å². The molecule has 1 nitrogen and oxygen atoms in total. The topological polar surface area (TPSA) is 12.0 Å². The maximum atomic E-state index is 6.13. The molecule has 1 aliphatic carbocycles. The van der Waals surface area contributed by atoms with Gasteiger partial charge in [0.15, 0.2) is 0 Å². The normalized spacial score (nSPS) is 19.7. The largest absolute Gasteiger partial charge is 0.312 e. The molecule has 0 spiro atoms. The summed E-state index contributed by atoms with van der Waals surface area (Å²) < 4.78 is 0.947. The highest BCUT2D eigenvalue weighted by atomic mass is 35.5. The van der Waals surface area contributed by atoms with E-state index >= 15 is 0 Å².